The summed E-state index contributed by atoms with van der Waals surface area (Å²) in [7, 11) is 0. The Kier molecular flexibility index (Phi) is 5.86. The first-order valence-electron chi connectivity index (χ1n) is 7.86. The standard InChI is InChI=1S/C19H19ClO4/c20-17-18(23-12-15-9-5-2-6-10-15)16(24-19(17)21)13-22-11-14-7-3-1-4-8-14/h1-10,16-18H,11-13H2/t16-,17+,18+/m1/s1. The lowest BCUT2D eigenvalue weighted by atomic mass is 10.2. The Bertz CT molecular complexity index is 647. The Labute approximate surface area is 146 Å². The first kappa shape index (κ1) is 17.0. The van der Waals surface area contributed by atoms with Crippen molar-refractivity contribution in [1.29, 1.82) is 0 Å². The summed E-state index contributed by atoms with van der Waals surface area (Å²) in [6.07, 6.45) is -1.01. The first-order chi connectivity index (χ1) is 11.7. The van der Waals surface area contributed by atoms with Crippen LogP contribution < -0.4 is 0 Å². The third-order valence-electron chi connectivity index (χ3n) is 3.83. The predicted octanol–water partition coefficient (Wildman–Crippen LogP) is 3.32. The number of ether oxygens (including phenoxy) is 3. The van der Waals surface area contributed by atoms with Crippen LogP contribution in [-0.2, 0) is 32.2 Å². The molecule has 1 heterocycles. The third-order valence-corrected chi connectivity index (χ3v) is 4.25. The van der Waals surface area contributed by atoms with Crippen LogP contribution in [0.4, 0.5) is 0 Å². The van der Waals surface area contributed by atoms with Crippen molar-refractivity contribution < 1.29 is 19.0 Å². The molecule has 0 aromatic heterocycles. The van der Waals surface area contributed by atoms with Gasteiger partial charge in [-0.05, 0) is 11.1 Å². The number of hydrogen-bond donors (Lipinski definition) is 0. The Morgan fingerprint density at radius 3 is 2.12 bits per heavy atom. The minimum Gasteiger partial charge on any atom is -0.456 e. The van der Waals surface area contributed by atoms with Crippen LogP contribution in [0, 0.1) is 0 Å². The van der Waals surface area contributed by atoms with Crippen molar-refractivity contribution in [2.24, 2.45) is 0 Å². The number of alkyl halides is 1. The molecule has 2 aromatic carbocycles. The van der Waals surface area contributed by atoms with E-state index in [2.05, 4.69) is 0 Å². The van der Waals surface area contributed by atoms with Crippen molar-refractivity contribution in [2.45, 2.75) is 30.8 Å². The molecule has 0 unspecified atom stereocenters. The van der Waals surface area contributed by atoms with Gasteiger partial charge >= 0.3 is 5.97 Å². The monoisotopic (exact) mass is 346 g/mol. The van der Waals surface area contributed by atoms with E-state index in [0.29, 0.717) is 13.2 Å². The van der Waals surface area contributed by atoms with Crippen molar-refractivity contribution in [2.75, 3.05) is 6.61 Å². The van der Waals surface area contributed by atoms with Crippen molar-refractivity contribution in [1.82, 2.24) is 0 Å². The van der Waals surface area contributed by atoms with Gasteiger partial charge in [0.25, 0.3) is 0 Å². The van der Waals surface area contributed by atoms with Crippen LogP contribution in [0.25, 0.3) is 0 Å². The number of cyclic esters (lactones) is 1. The lowest BCUT2D eigenvalue weighted by Gasteiger charge is -2.19. The van der Waals surface area contributed by atoms with Crippen LogP contribution in [0.5, 0.6) is 0 Å². The highest BCUT2D eigenvalue weighted by Gasteiger charge is 2.44. The quantitative estimate of drug-likeness (QED) is 0.570. The topological polar surface area (TPSA) is 44.8 Å². The fourth-order valence-corrected chi connectivity index (χ4v) is 2.84. The van der Waals surface area contributed by atoms with Gasteiger partial charge in [0.1, 0.15) is 6.10 Å². The van der Waals surface area contributed by atoms with Crippen LogP contribution in [0.1, 0.15) is 11.1 Å². The molecule has 1 aliphatic rings. The normalized spacial score (nSPS) is 23.2. The molecule has 0 aliphatic carbocycles. The van der Waals surface area contributed by atoms with Crippen molar-refractivity contribution in [3.8, 4) is 0 Å². The van der Waals surface area contributed by atoms with E-state index < -0.39 is 23.6 Å². The van der Waals surface area contributed by atoms with Gasteiger partial charge in [0.2, 0.25) is 0 Å². The van der Waals surface area contributed by atoms with E-state index in [4.69, 9.17) is 25.8 Å². The lowest BCUT2D eigenvalue weighted by molar-refractivity contribution is -0.144. The largest absolute Gasteiger partial charge is 0.456 e. The molecule has 24 heavy (non-hydrogen) atoms. The average molecular weight is 347 g/mol. The molecule has 4 nitrogen and oxygen atoms in total. The second-order valence-electron chi connectivity index (χ2n) is 5.64. The predicted molar refractivity (Wildman–Crippen MR) is 90.6 cm³/mol. The summed E-state index contributed by atoms with van der Waals surface area (Å²) < 4.78 is 16.8. The molecule has 1 saturated heterocycles. The maximum Gasteiger partial charge on any atom is 0.327 e. The molecule has 0 amide bonds. The van der Waals surface area contributed by atoms with Crippen molar-refractivity contribution in [3.05, 3.63) is 71.8 Å². The summed E-state index contributed by atoms with van der Waals surface area (Å²) in [4.78, 5) is 11.7. The maximum absolute atomic E-state index is 11.7. The molecule has 0 radical (unpaired) electrons. The smallest absolute Gasteiger partial charge is 0.327 e. The summed E-state index contributed by atoms with van der Waals surface area (Å²) in [5.74, 6) is -0.456. The van der Waals surface area contributed by atoms with Gasteiger partial charge in [0.15, 0.2) is 11.5 Å². The lowest BCUT2D eigenvalue weighted by Crippen LogP contribution is -2.34. The van der Waals surface area contributed by atoms with Gasteiger partial charge in [0.05, 0.1) is 19.8 Å². The molecule has 3 atom stereocenters. The molecule has 1 aliphatic heterocycles. The van der Waals surface area contributed by atoms with Crippen LogP contribution in [0.2, 0.25) is 0 Å². The fourth-order valence-electron chi connectivity index (χ4n) is 2.56. The first-order valence-corrected chi connectivity index (χ1v) is 8.29. The minimum atomic E-state index is -0.806. The summed E-state index contributed by atoms with van der Waals surface area (Å²) in [5.41, 5.74) is 2.08. The van der Waals surface area contributed by atoms with Crippen LogP contribution >= 0.6 is 11.6 Å². The molecule has 126 valence electrons. The van der Waals surface area contributed by atoms with Crippen LogP contribution in [-0.4, -0.2) is 30.2 Å². The van der Waals surface area contributed by atoms with E-state index in [-0.39, 0.29) is 6.61 Å². The second-order valence-corrected chi connectivity index (χ2v) is 6.11. The number of hydrogen-bond acceptors (Lipinski definition) is 4. The Hall–Kier alpha value is -1.88. The second kappa shape index (κ2) is 8.29. The van der Waals surface area contributed by atoms with E-state index in [1.165, 1.54) is 0 Å². The summed E-state index contributed by atoms with van der Waals surface area (Å²) in [5, 5.41) is -0.806. The van der Waals surface area contributed by atoms with Gasteiger partial charge in [-0.1, -0.05) is 60.7 Å². The maximum atomic E-state index is 11.7. The minimum absolute atomic E-state index is 0.253. The van der Waals surface area contributed by atoms with Crippen LogP contribution in [0.15, 0.2) is 60.7 Å². The Balaban J connectivity index is 1.53. The highest BCUT2D eigenvalue weighted by atomic mass is 35.5. The summed E-state index contributed by atoms with van der Waals surface area (Å²) >= 11 is 6.13. The number of halogens is 1. The van der Waals surface area contributed by atoms with Gasteiger partial charge in [-0.15, -0.1) is 11.6 Å². The van der Waals surface area contributed by atoms with Crippen molar-refractivity contribution >= 4 is 17.6 Å². The Morgan fingerprint density at radius 1 is 0.917 bits per heavy atom. The highest BCUT2D eigenvalue weighted by Crippen LogP contribution is 2.25. The summed E-state index contributed by atoms with van der Waals surface area (Å²) in [6.45, 7) is 1.08. The molecule has 0 bridgehead atoms. The van der Waals surface area contributed by atoms with Gasteiger partial charge in [-0.25, -0.2) is 0 Å². The molecule has 1 fully saturated rings. The Morgan fingerprint density at radius 2 is 1.50 bits per heavy atom. The molecular weight excluding hydrogens is 328 g/mol. The van der Waals surface area contributed by atoms with Gasteiger partial charge in [0, 0.05) is 0 Å². The van der Waals surface area contributed by atoms with E-state index in [9.17, 15) is 4.79 Å². The van der Waals surface area contributed by atoms with Gasteiger partial charge < -0.3 is 14.2 Å². The zero-order chi connectivity index (χ0) is 16.8. The molecule has 0 N–H and O–H groups in total. The van der Waals surface area contributed by atoms with Gasteiger partial charge in [-0.2, -0.15) is 0 Å². The molecule has 5 heteroatoms. The number of carbonyl (C=O) groups is 1. The zero-order valence-electron chi connectivity index (χ0n) is 13.1. The van der Waals surface area contributed by atoms with E-state index >= 15 is 0 Å². The highest BCUT2D eigenvalue weighted by molar-refractivity contribution is 6.31. The van der Waals surface area contributed by atoms with Gasteiger partial charge in [-0.3, -0.25) is 4.79 Å². The molecule has 2 aromatic rings. The number of rotatable bonds is 7. The zero-order valence-corrected chi connectivity index (χ0v) is 13.9. The molecule has 0 saturated carbocycles. The van der Waals surface area contributed by atoms with E-state index in [0.717, 1.165) is 11.1 Å². The number of carbonyl (C=O) groups excluding carboxylic acids is 1. The summed E-state index contributed by atoms with van der Waals surface area (Å²) in [6, 6.07) is 19.6. The van der Waals surface area contributed by atoms with E-state index in [1.54, 1.807) is 0 Å². The van der Waals surface area contributed by atoms with Crippen molar-refractivity contribution in [3.63, 3.8) is 0 Å². The molecular formula is C19H19ClO4. The number of benzene rings is 2. The molecule has 0 spiro atoms. The molecule has 3 rings (SSSR count). The fraction of sp³-hybridized carbons (Fsp3) is 0.316. The third kappa shape index (κ3) is 4.35. The van der Waals surface area contributed by atoms with E-state index in [1.807, 2.05) is 60.7 Å². The SMILES string of the molecule is O=C1O[C@H](COCc2ccccc2)[C@H](OCc2ccccc2)[C@@H]1Cl. The average Bonchev–Trinajstić information content (AvgIpc) is 2.89. The van der Waals surface area contributed by atoms with Crippen LogP contribution in [0.3, 0.4) is 0 Å². The number of esters is 1.